The fraction of sp³-hybridized carbons (Fsp3) is 0.341. The largest absolute Gasteiger partial charge is 0.394 e. The standard InChI is InChI=1S/C44H46ClN5O5/c1-30(8-7-13-40(52)47-27-33-10-6-5-9-32(33)24-37(47)28-51)44(55)38-25-34(45)16-19-39(38)48(42(44)54)26-31-14-17-35(18-15-31)49-29-50(36-11-3-2-4-12-36)43(41(49)53)20-22-46-23-21-43/h2-12,14-19,25,30,37,46,51,55H,13,20-24,26-29H2,1H3/b8-7+/t30-,37+,44+/m1/s1. The molecule has 0 unspecified atom stereocenters. The Morgan fingerprint density at radius 2 is 1.64 bits per heavy atom. The Balaban J connectivity index is 0.984. The average Bonchev–Trinajstić information content (AvgIpc) is 3.60. The van der Waals surface area contributed by atoms with E-state index in [1.807, 2.05) is 71.6 Å². The second-order valence-corrected chi connectivity index (χ2v) is 15.6. The molecule has 284 valence electrons. The molecule has 4 aromatic carbocycles. The quantitative estimate of drug-likeness (QED) is 0.192. The van der Waals surface area contributed by atoms with E-state index >= 15 is 0 Å². The van der Waals surface area contributed by atoms with Crippen molar-refractivity contribution in [2.75, 3.05) is 41.1 Å². The van der Waals surface area contributed by atoms with Crippen LogP contribution in [0.4, 0.5) is 17.1 Å². The van der Waals surface area contributed by atoms with Gasteiger partial charge >= 0.3 is 0 Å². The SMILES string of the molecule is C[C@H](/C=C/CC(=O)N1Cc2ccccc2C[C@H]1CO)[C@@]1(O)C(=O)N(Cc2ccc(N3CN(c4ccccc4)C4(CCNCC4)C3=O)cc2)c2ccc(Cl)cc21. The number of rotatable bonds is 9. The topological polar surface area (TPSA) is 117 Å². The number of fused-ring (bicyclic) bond motifs is 2. The molecule has 0 bridgehead atoms. The van der Waals surface area contributed by atoms with Crippen molar-refractivity contribution in [3.63, 3.8) is 0 Å². The van der Waals surface area contributed by atoms with Crippen LogP contribution in [0, 0.1) is 5.92 Å². The Kier molecular flexibility index (Phi) is 10.0. The first-order chi connectivity index (χ1) is 26.6. The van der Waals surface area contributed by atoms with Crippen molar-refractivity contribution in [2.45, 2.75) is 62.9 Å². The molecular formula is C44H46ClN5O5. The predicted molar refractivity (Wildman–Crippen MR) is 214 cm³/mol. The molecule has 3 atom stereocenters. The fourth-order valence-corrected chi connectivity index (χ4v) is 9.05. The van der Waals surface area contributed by atoms with Gasteiger partial charge < -0.3 is 30.2 Å². The third-order valence-electron chi connectivity index (χ3n) is 12.0. The van der Waals surface area contributed by atoms with Crippen LogP contribution in [0.3, 0.4) is 0 Å². The van der Waals surface area contributed by atoms with Crippen LogP contribution in [0.5, 0.6) is 0 Å². The molecule has 1 spiro atoms. The number of amides is 3. The van der Waals surface area contributed by atoms with Gasteiger partial charge in [0.1, 0.15) is 5.54 Å². The van der Waals surface area contributed by atoms with Crippen molar-refractivity contribution < 1.29 is 24.6 Å². The summed E-state index contributed by atoms with van der Waals surface area (Å²) < 4.78 is 0. The van der Waals surface area contributed by atoms with E-state index in [0.717, 1.165) is 54.0 Å². The lowest BCUT2D eigenvalue weighted by Gasteiger charge is -2.39. The van der Waals surface area contributed by atoms with Gasteiger partial charge in [-0.3, -0.25) is 19.3 Å². The molecule has 10 nitrogen and oxygen atoms in total. The summed E-state index contributed by atoms with van der Waals surface area (Å²) in [6, 6.07) is 30.5. The van der Waals surface area contributed by atoms with E-state index in [1.54, 1.807) is 47.1 Å². The first-order valence-corrected chi connectivity index (χ1v) is 19.4. The number of halogens is 1. The molecule has 2 saturated heterocycles. The van der Waals surface area contributed by atoms with Crippen LogP contribution in [0.2, 0.25) is 5.02 Å². The highest BCUT2D eigenvalue weighted by Crippen LogP contribution is 2.47. The summed E-state index contributed by atoms with van der Waals surface area (Å²) in [7, 11) is 0. The average molecular weight is 760 g/mol. The molecule has 4 heterocycles. The monoisotopic (exact) mass is 759 g/mol. The van der Waals surface area contributed by atoms with E-state index in [1.165, 1.54) is 0 Å². The van der Waals surface area contributed by atoms with Crippen molar-refractivity contribution in [3.05, 3.63) is 136 Å². The lowest BCUT2D eigenvalue weighted by Crippen LogP contribution is -2.55. The number of hydrogen-bond donors (Lipinski definition) is 3. The van der Waals surface area contributed by atoms with Crippen LogP contribution in [0.1, 0.15) is 48.4 Å². The first kappa shape index (κ1) is 36.9. The minimum atomic E-state index is -1.91. The molecule has 3 N–H and O–H groups in total. The maximum atomic E-state index is 14.3. The van der Waals surface area contributed by atoms with Crippen LogP contribution >= 0.6 is 11.6 Å². The summed E-state index contributed by atoms with van der Waals surface area (Å²) in [5.41, 5.74) is 3.30. The van der Waals surface area contributed by atoms with Crippen molar-refractivity contribution in [1.29, 1.82) is 0 Å². The Morgan fingerprint density at radius 1 is 0.927 bits per heavy atom. The van der Waals surface area contributed by atoms with Gasteiger partial charge in [0.15, 0.2) is 5.60 Å². The molecule has 0 aromatic heterocycles. The number of carbonyl (C=O) groups is 3. The van der Waals surface area contributed by atoms with Crippen LogP contribution in [-0.4, -0.2) is 70.8 Å². The Bertz CT molecular complexity index is 2120. The van der Waals surface area contributed by atoms with E-state index in [4.69, 9.17) is 11.6 Å². The zero-order valence-corrected chi connectivity index (χ0v) is 31.7. The number of nitrogens with zero attached hydrogens (tertiary/aromatic N) is 4. The maximum absolute atomic E-state index is 14.3. The molecule has 2 fully saturated rings. The molecule has 3 amide bonds. The second-order valence-electron chi connectivity index (χ2n) is 15.2. The van der Waals surface area contributed by atoms with E-state index in [9.17, 15) is 24.6 Å². The Labute approximate surface area is 326 Å². The number of benzene rings is 4. The van der Waals surface area contributed by atoms with E-state index < -0.39 is 23.0 Å². The number of hydrogen-bond acceptors (Lipinski definition) is 7. The molecule has 0 aliphatic carbocycles. The zero-order valence-electron chi connectivity index (χ0n) is 30.9. The highest BCUT2D eigenvalue weighted by atomic mass is 35.5. The van der Waals surface area contributed by atoms with Gasteiger partial charge in [0.05, 0.1) is 31.5 Å². The second kappa shape index (κ2) is 14.9. The van der Waals surface area contributed by atoms with Gasteiger partial charge in [-0.25, -0.2) is 0 Å². The molecule has 8 rings (SSSR count). The third kappa shape index (κ3) is 6.50. The zero-order chi connectivity index (χ0) is 38.3. The summed E-state index contributed by atoms with van der Waals surface area (Å²) in [5.74, 6) is -1.21. The third-order valence-corrected chi connectivity index (χ3v) is 12.3. The number of anilines is 3. The van der Waals surface area contributed by atoms with Crippen molar-refractivity contribution in [3.8, 4) is 0 Å². The number of aliphatic hydroxyl groups excluding tert-OH is 1. The minimum absolute atomic E-state index is 0.0619. The van der Waals surface area contributed by atoms with Crippen LogP contribution in [0.15, 0.2) is 109 Å². The molecule has 4 aromatic rings. The molecule has 4 aliphatic heterocycles. The van der Waals surface area contributed by atoms with Crippen LogP contribution in [0.25, 0.3) is 0 Å². The lowest BCUT2D eigenvalue weighted by molar-refractivity contribution is -0.139. The summed E-state index contributed by atoms with van der Waals surface area (Å²) in [6.07, 6.45) is 5.51. The summed E-state index contributed by atoms with van der Waals surface area (Å²) in [6.45, 7) is 4.24. The van der Waals surface area contributed by atoms with E-state index in [0.29, 0.717) is 35.9 Å². The van der Waals surface area contributed by atoms with Gasteiger partial charge in [0, 0.05) is 40.8 Å². The first-order valence-electron chi connectivity index (χ1n) is 19.1. The van der Waals surface area contributed by atoms with Gasteiger partial charge in [-0.2, -0.15) is 0 Å². The Hall–Kier alpha value is -5.00. The van der Waals surface area contributed by atoms with Crippen molar-refractivity contribution in [2.24, 2.45) is 5.92 Å². The summed E-state index contributed by atoms with van der Waals surface area (Å²) in [4.78, 5) is 49.2. The molecule has 0 radical (unpaired) electrons. The number of aliphatic hydroxyl groups is 2. The molecular weight excluding hydrogens is 714 g/mol. The van der Waals surface area contributed by atoms with Gasteiger partial charge in [-0.05, 0) is 91.5 Å². The maximum Gasteiger partial charge on any atom is 0.264 e. The van der Waals surface area contributed by atoms with Crippen molar-refractivity contribution in [1.82, 2.24) is 10.2 Å². The van der Waals surface area contributed by atoms with Crippen LogP contribution in [-0.2, 0) is 39.5 Å². The fourth-order valence-electron chi connectivity index (χ4n) is 8.88. The summed E-state index contributed by atoms with van der Waals surface area (Å²) >= 11 is 6.43. The van der Waals surface area contributed by atoms with E-state index in [-0.39, 0.29) is 37.4 Å². The Morgan fingerprint density at radius 3 is 2.36 bits per heavy atom. The van der Waals surface area contributed by atoms with Crippen molar-refractivity contribution >= 4 is 46.4 Å². The number of para-hydroxylation sites is 1. The van der Waals surface area contributed by atoms with Gasteiger partial charge in [-0.15, -0.1) is 0 Å². The van der Waals surface area contributed by atoms with Gasteiger partial charge in [0.25, 0.3) is 11.8 Å². The molecule has 0 saturated carbocycles. The molecule has 55 heavy (non-hydrogen) atoms. The number of nitrogens with one attached hydrogen (secondary N) is 1. The number of carbonyl (C=O) groups excluding carboxylic acids is 3. The summed E-state index contributed by atoms with van der Waals surface area (Å²) in [5, 5.41) is 26.1. The smallest absolute Gasteiger partial charge is 0.264 e. The van der Waals surface area contributed by atoms with Gasteiger partial charge in [-0.1, -0.05) is 85.3 Å². The molecule has 11 heteroatoms. The highest BCUT2D eigenvalue weighted by molar-refractivity contribution is 6.31. The minimum Gasteiger partial charge on any atom is -0.394 e. The number of piperidine rings is 1. The van der Waals surface area contributed by atoms with Crippen LogP contribution < -0.4 is 20.0 Å². The normalized spacial score (nSPS) is 22.4. The van der Waals surface area contributed by atoms with Gasteiger partial charge in [0.2, 0.25) is 5.91 Å². The molecule has 4 aliphatic rings. The predicted octanol–water partition coefficient (Wildman–Crippen LogP) is 5.54. The van der Waals surface area contributed by atoms with E-state index in [2.05, 4.69) is 22.3 Å². The lowest BCUT2D eigenvalue weighted by atomic mass is 9.83. The highest BCUT2D eigenvalue weighted by Gasteiger charge is 2.54.